The van der Waals surface area contributed by atoms with Crippen LogP contribution in [0.25, 0.3) is 0 Å². The first-order valence-corrected chi connectivity index (χ1v) is 18.8. The fraction of sp³-hybridized carbons (Fsp3) is 0.625. The number of nitrogens with zero attached hydrogens (tertiary/aromatic N) is 8. The van der Waals surface area contributed by atoms with Crippen molar-refractivity contribution in [3.8, 4) is 0 Å². The van der Waals surface area contributed by atoms with Gasteiger partial charge in [-0.25, -0.2) is 13.7 Å². The summed E-state index contributed by atoms with van der Waals surface area (Å²) in [4.78, 5) is 11.3. The summed E-state index contributed by atoms with van der Waals surface area (Å²) in [6.07, 6.45) is 23.5. The highest BCUT2D eigenvalue weighted by Gasteiger charge is 2.53. The molecule has 3 atom stereocenters. The number of hydrogen-bond donors (Lipinski definition) is 4. The van der Waals surface area contributed by atoms with Gasteiger partial charge in [-0.15, -0.1) is 5.10 Å². The molecule has 0 radical (unpaired) electrons. The molecule has 0 aromatic rings. The molecule has 46 heavy (non-hydrogen) atoms. The molecule has 7 aliphatic heterocycles. The number of allylic oxidation sites excluding steroid dienone is 4. The van der Waals surface area contributed by atoms with Crippen molar-refractivity contribution in [2.24, 2.45) is 10.3 Å². The molecule has 7 rings (SSSR count). The normalized spacial score (nSPS) is 31.7. The lowest BCUT2D eigenvalue weighted by atomic mass is 10.2. The summed E-state index contributed by atoms with van der Waals surface area (Å²) in [6.45, 7) is 15.4. The minimum Gasteiger partial charge on any atom is -0.364 e. The smallest absolute Gasteiger partial charge is 0.150 e. The summed E-state index contributed by atoms with van der Waals surface area (Å²) in [5.74, 6) is 0. The Kier molecular flexibility index (Phi) is 11.0. The third-order valence-corrected chi connectivity index (χ3v) is 13.4. The van der Waals surface area contributed by atoms with E-state index in [9.17, 15) is 0 Å². The second-order valence-corrected chi connectivity index (χ2v) is 15.4. The van der Waals surface area contributed by atoms with Gasteiger partial charge in [0.15, 0.2) is 0 Å². The molecule has 13 nitrogen and oxygen atoms in total. The van der Waals surface area contributed by atoms with Crippen molar-refractivity contribution in [3.05, 3.63) is 61.1 Å². The largest absolute Gasteiger partial charge is 0.364 e. The first kappa shape index (κ1) is 32.2. The van der Waals surface area contributed by atoms with Crippen molar-refractivity contribution < 1.29 is 4.84 Å². The molecule has 4 N–H and O–H groups in total. The van der Waals surface area contributed by atoms with E-state index in [4.69, 9.17) is 15.1 Å². The highest BCUT2D eigenvalue weighted by molar-refractivity contribution is 8.53. The van der Waals surface area contributed by atoms with E-state index >= 15 is 0 Å². The molecule has 0 aliphatic carbocycles. The number of hydrogen-bond acceptors (Lipinski definition) is 13. The average Bonchev–Trinajstić information content (AvgIpc) is 3.64. The van der Waals surface area contributed by atoms with Crippen molar-refractivity contribution >= 4 is 20.5 Å². The highest BCUT2D eigenvalue weighted by Crippen LogP contribution is 2.61. The van der Waals surface area contributed by atoms with Crippen molar-refractivity contribution in [2.45, 2.75) is 25.2 Å². The average molecular weight is 653 g/mol. The maximum atomic E-state index is 5.92. The standard InChI is InChI=1S/C32H52N12OS/c1-4-18-42(19-5-1)46(30-10-3-7-28-45-38-30,29-9-2-6-21-44(37-29)41-26-16-35-17-27-41)43-20-8-11-36-31(39-22-12-33-13-23-39)32(43)40-24-14-34-15-25-40/h1-4,6-7,9-10,21,28,31-36H,5,8,11-20,22-27H2. The summed E-state index contributed by atoms with van der Waals surface area (Å²) in [6, 6.07) is 0. The molecule has 7 aliphatic rings. The monoisotopic (exact) mass is 652 g/mol. The predicted octanol–water partition coefficient (Wildman–Crippen LogP) is 0.574. The summed E-state index contributed by atoms with van der Waals surface area (Å²) >= 11 is 0. The van der Waals surface area contributed by atoms with E-state index in [1.807, 2.05) is 6.08 Å². The Hall–Kier alpha value is -2.37. The quantitative estimate of drug-likeness (QED) is 0.314. The van der Waals surface area contributed by atoms with Crippen LogP contribution in [-0.2, 0) is 4.84 Å². The Labute approximate surface area is 275 Å². The summed E-state index contributed by atoms with van der Waals surface area (Å²) in [5, 5.41) is 31.8. The van der Waals surface area contributed by atoms with Crippen LogP contribution in [0.4, 0.5) is 0 Å². The first-order valence-electron chi connectivity index (χ1n) is 17.2. The first-order chi connectivity index (χ1) is 22.9. The molecular weight excluding hydrogens is 601 g/mol. The maximum absolute atomic E-state index is 5.92. The van der Waals surface area contributed by atoms with Crippen molar-refractivity contribution in [2.75, 3.05) is 105 Å². The molecule has 0 saturated carbocycles. The lowest BCUT2D eigenvalue weighted by Gasteiger charge is -2.60. The fourth-order valence-corrected chi connectivity index (χ4v) is 11.5. The number of oxime groups is 1. The van der Waals surface area contributed by atoms with Gasteiger partial charge in [-0.05, 0) is 54.1 Å². The van der Waals surface area contributed by atoms with Gasteiger partial charge in [0.1, 0.15) is 22.5 Å². The third-order valence-electron chi connectivity index (χ3n) is 9.66. The molecule has 3 unspecified atom stereocenters. The molecule has 7 heterocycles. The maximum Gasteiger partial charge on any atom is 0.150 e. The second-order valence-electron chi connectivity index (χ2n) is 12.5. The van der Waals surface area contributed by atoms with E-state index in [1.54, 1.807) is 6.26 Å². The molecule has 0 amide bonds. The fourth-order valence-electron chi connectivity index (χ4n) is 7.47. The van der Waals surface area contributed by atoms with E-state index in [0.717, 1.165) is 128 Å². The Balaban J connectivity index is 1.43. The second kappa shape index (κ2) is 15.7. The van der Waals surface area contributed by atoms with Crippen LogP contribution < -0.4 is 21.3 Å². The van der Waals surface area contributed by atoms with Gasteiger partial charge in [0.2, 0.25) is 0 Å². The molecular formula is C32H52N12OS. The van der Waals surface area contributed by atoms with Crippen LogP contribution in [-0.4, -0.2) is 156 Å². The van der Waals surface area contributed by atoms with Gasteiger partial charge in [0.25, 0.3) is 0 Å². The van der Waals surface area contributed by atoms with E-state index in [-0.39, 0.29) is 12.3 Å². The van der Waals surface area contributed by atoms with Crippen LogP contribution in [0.15, 0.2) is 71.3 Å². The lowest BCUT2D eigenvalue weighted by molar-refractivity contribution is -0.000962. The van der Waals surface area contributed by atoms with E-state index in [2.05, 4.69) is 98.5 Å². The van der Waals surface area contributed by atoms with Crippen LogP contribution in [0.2, 0.25) is 0 Å². The molecule has 14 heteroatoms. The number of nitrogens with one attached hydrogen (secondary N) is 4. The van der Waals surface area contributed by atoms with Crippen LogP contribution in [0.5, 0.6) is 0 Å². The lowest BCUT2D eigenvalue weighted by Crippen LogP contribution is -2.69. The third kappa shape index (κ3) is 6.79. The number of piperazine rings is 3. The molecule has 0 spiro atoms. The van der Waals surface area contributed by atoms with Crippen molar-refractivity contribution in [1.29, 1.82) is 0 Å². The van der Waals surface area contributed by atoms with Crippen LogP contribution in [0, 0.1) is 0 Å². The SMILES string of the molecule is C1=CON=C(S(C2=NN(N3CCNCC3)C=CC=C2)(N2CC=CCC2)N2CCCNC(N3CCNCC3)C2N2CCNCC2)C=C1. The Bertz CT molecular complexity index is 1230. The van der Waals surface area contributed by atoms with Crippen molar-refractivity contribution in [1.82, 2.24) is 49.8 Å². The van der Waals surface area contributed by atoms with Gasteiger partial charge in [0, 0.05) is 104 Å². The minimum absolute atomic E-state index is 0.107. The topological polar surface area (TPSA) is 102 Å². The summed E-state index contributed by atoms with van der Waals surface area (Å²) < 4.78 is 5.52. The van der Waals surface area contributed by atoms with E-state index in [1.165, 1.54) is 0 Å². The zero-order valence-electron chi connectivity index (χ0n) is 27.1. The number of hydrazone groups is 1. The zero-order valence-corrected chi connectivity index (χ0v) is 27.9. The highest BCUT2D eigenvalue weighted by atomic mass is 32.3. The van der Waals surface area contributed by atoms with Gasteiger partial charge in [0.05, 0.1) is 6.17 Å². The molecule has 0 bridgehead atoms. The minimum atomic E-state index is -2.21. The molecule has 0 aromatic carbocycles. The van der Waals surface area contributed by atoms with Gasteiger partial charge in [-0.3, -0.25) is 15.1 Å². The molecule has 4 fully saturated rings. The van der Waals surface area contributed by atoms with Crippen LogP contribution >= 0.6 is 10.4 Å². The van der Waals surface area contributed by atoms with Gasteiger partial charge in [-0.1, -0.05) is 29.5 Å². The zero-order chi connectivity index (χ0) is 31.0. The Morgan fingerprint density at radius 2 is 1.43 bits per heavy atom. The van der Waals surface area contributed by atoms with Gasteiger partial charge < -0.3 is 20.8 Å². The molecule has 252 valence electrons. The molecule has 0 aromatic heterocycles. The van der Waals surface area contributed by atoms with Crippen LogP contribution in [0.3, 0.4) is 0 Å². The number of rotatable bonds is 5. The predicted molar refractivity (Wildman–Crippen MR) is 188 cm³/mol. The van der Waals surface area contributed by atoms with Gasteiger partial charge in [-0.2, -0.15) is 5.01 Å². The molecule has 4 saturated heterocycles. The Morgan fingerprint density at radius 1 is 0.717 bits per heavy atom. The number of hydrazine groups is 1. The van der Waals surface area contributed by atoms with Crippen molar-refractivity contribution in [3.63, 3.8) is 0 Å². The van der Waals surface area contributed by atoms with Crippen LogP contribution in [0.1, 0.15) is 12.8 Å². The van der Waals surface area contributed by atoms with E-state index < -0.39 is 10.4 Å². The Morgan fingerprint density at radius 3 is 2.20 bits per heavy atom. The summed E-state index contributed by atoms with van der Waals surface area (Å²) in [7, 11) is -2.21. The summed E-state index contributed by atoms with van der Waals surface area (Å²) in [5.41, 5.74) is 0. The van der Waals surface area contributed by atoms with Gasteiger partial charge >= 0.3 is 0 Å². The van der Waals surface area contributed by atoms with E-state index in [0.29, 0.717) is 0 Å².